The van der Waals surface area contributed by atoms with Crippen LogP contribution in [0.5, 0.6) is 5.75 Å². The number of rotatable bonds is 7. The summed E-state index contributed by atoms with van der Waals surface area (Å²) in [7, 11) is 1.63. The third-order valence-corrected chi connectivity index (χ3v) is 4.23. The second-order valence-corrected chi connectivity index (χ2v) is 6.57. The molecule has 1 aromatic heterocycles. The number of aromatic nitrogens is 4. The van der Waals surface area contributed by atoms with Crippen LogP contribution in [0.4, 0.5) is 0 Å². The lowest BCUT2D eigenvalue weighted by Gasteiger charge is -2.23. The molecule has 7 heteroatoms. The maximum atomic E-state index is 12.5. The molecule has 0 saturated heterocycles. The summed E-state index contributed by atoms with van der Waals surface area (Å²) in [5.74, 6) is 1.35. The van der Waals surface area contributed by atoms with Gasteiger partial charge in [0, 0.05) is 5.56 Å². The lowest BCUT2D eigenvalue weighted by Crippen LogP contribution is -2.34. The fourth-order valence-corrected chi connectivity index (χ4v) is 2.81. The van der Waals surface area contributed by atoms with Crippen LogP contribution in [0.3, 0.4) is 0 Å². The van der Waals surface area contributed by atoms with E-state index in [9.17, 15) is 4.79 Å². The normalized spacial score (nSPS) is 12.0. The largest absolute Gasteiger partial charge is 0.497 e. The highest BCUT2D eigenvalue weighted by Gasteiger charge is 2.19. The first kappa shape index (κ1) is 18.6. The molecule has 3 rings (SSSR count). The van der Waals surface area contributed by atoms with E-state index in [1.54, 1.807) is 7.11 Å². The number of carbonyl (C=O) groups is 1. The van der Waals surface area contributed by atoms with Gasteiger partial charge in [-0.15, -0.1) is 10.2 Å². The standard InChI is InChI=1S/C20H23N5O2/c1-14(2)19(15-9-11-17(27-3)12-10-15)21-18(26)13-25-23-20(22-24-25)16-7-5-4-6-8-16/h4-12,14,19H,13H2,1-3H3,(H,21,26). The number of tetrazole rings is 1. The molecule has 1 N–H and O–H groups in total. The Bertz CT molecular complexity index is 875. The third kappa shape index (κ3) is 4.69. The number of hydrogen-bond donors (Lipinski definition) is 1. The van der Waals surface area contributed by atoms with E-state index in [0.717, 1.165) is 16.9 Å². The molecule has 0 aliphatic carbocycles. The van der Waals surface area contributed by atoms with E-state index in [-0.39, 0.29) is 24.4 Å². The molecule has 0 spiro atoms. The quantitative estimate of drug-likeness (QED) is 0.696. The molecular formula is C20H23N5O2. The Kier molecular flexibility index (Phi) is 5.80. The van der Waals surface area contributed by atoms with Gasteiger partial charge in [-0.05, 0) is 28.8 Å². The molecule has 0 aliphatic heterocycles. The highest BCUT2D eigenvalue weighted by molar-refractivity contribution is 5.76. The zero-order valence-corrected chi connectivity index (χ0v) is 15.7. The van der Waals surface area contributed by atoms with Crippen molar-refractivity contribution >= 4 is 5.91 Å². The summed E-state index contributed by atoms with van der Waals surface area (Å²) in [4.78, 5) is 13.8. The Morgan fingerprint density at radius 2 is 1.81 bits per heavy atom. The minimum absolute atomic E-state index is 0.0131. The van der Waals surface area contributed by atoms with E-state index in [4.69, 9.17) is 4.74 Å². The molecule has 0 saturated carbocycles. The number of methoxy groups -OCH3 is 1. The van der Waals surface area contributed by atoms with Crippen molar-refractivity contribution in [3.63, 3.8) is 0 Å². The second kappa shape index (κ2) is 8.44. The van der Waals surface area contributed by atoms with Crippen LogP contribution in [-0.4, -0.2) is 33.2 Å². The molecule has 140 valence electrons. The van der Waals surface area contributed by atoms with Gasteiger partial charge in [0.15, 0.2) is 0 Å². The first-order valence-electron chi connectivity index (χ1n) is 8.83. The molecule has 1 heterocycles. The highest BCUT2D eigenvalue weighted by Crippen LogP contribution is 2.24. The van der Waals surface area contributed by atoms with Crippen molar-refractivity contribution in [2.45, 2.75) is 26.4 Å². The average Bonchev–Trinajstić information content (AvgIpc) is 3.15. The smallest absolute Gasteiger partial charge is 0.244 e. The molecule has 0 bridgehead atoms. The van der Waals surface area contributed by atoms with Crippen LogP contribution in [-0.2, 0) is 11.3 Å². The first-order valence-corrected chi connectivity index (χ1v) is 8.83. The van der Waals surface area contributed by atoms with Crippen molar-refractivity contribution in [2.75, 3.05) is 7.11 Å². The number of amides is 1. The highest BCUT2D eigenvalue weighted by atomic mass is 16.5. The van der Waals surface area contributed by atoms with E-state index in [1.807, 2.05) is 54.6 Å². The summed E-state index contributed by atoms with van der Waals surface area (Å²) in [5, 5.41) is 15.3. The Balaban J connectivity index is 1.67. The van der Waals surface area contributed by atoms with Crippen molar-refractivity contribution in [1.29, 1.82) is 0 Å². The summed E-state index contributed by atoms with van der Waals surface area (Å²) in [6.07, 6.45) is 0. The van der Waals surface area contributed by atoms with Crippen molar-refractivity contribution in [2.24, 2.45) is 5.92 Å². The van der Waals surface area contributed by atoms with Crippen LogP contribution in [0, 0.1) is 5.92 Å². The number of nitrogens with zero attached hydrogens (tertiary/aromatic N) is 4. The number of benzene rings is 2. The number of nitrogens with one attached hydrogen (secondary N) is 1. The van der Waals surface area contributed by atoms with Crippen molar-refractivity contribution in [3.05, 3.63) is 60.2 Å². The Morgan fingerprint density at radius 1 is 1.11 bits per heavy atom. The molecule has 0 radical (unpaired) electrons. The fraction of sp³-hybridized carbons (Fsp3) is 0.300. The zero-order chi connectivity index (χ0) is 19.2. The minimum atomic E-state index is -0.165. The van der Waals surface area contributed by atoms with Gasteiger partial charge in [-0.1, -0.05) is 56.3 Å². The van der Waals surface area contributed by atoms with Gasteiger partial charge in [0.25, 0.3) is 0 Å². The first-order chi connectivity index (χ1) is 13.1. The average molecular weight is 365 g/mol. The van der Waals surface area contributed by atoms with E-state index in [0.29, 0.717) is 5.82 Å². The zero-order valence-electron chi connectivity index (χ0n) is 15.7. The van der Waals surface area contributed by atoms with Gasteiger partial charge in [-0.25, -0.2) is 0 Å². The van der Waals surface area contributed by atoms with Gasteiger partial charge in [-0.2, -0.15) is 4.80 Å². The van der Waals surface area contributed by atoms with Gasteiger partial charge < -0.3 is 10.1 Å². The summed E-state index contributed by atoms with van der Waals surface area (Å²) < 4.78 is 5.19. The maximum absolute atomic E-state index is 12.5. The summed E-state index contributed by atoms with van der Waals surface area (Å²) in [6.45, 7) is 4.14. The molecule has 3 aromatic rings. The predicted molar refractivity (Wildman–Crippen MR) is 102 cm³/mol. The Hall–Kier alpha value is -3.22. The molecule has 1 amide bonds. The molecule has 7 nitrogen and oxygen atoms in total. The van der Waals surface area contributed by atoms with Crippen molar-refractivity contribution in [1.82, 2.24) is 25.5 Å². The van der Waals surface area contributed by atoms with Gasteiger partial charge in [0.1, 0.15) is 12.3 Å². The molecule has 2 aromatic carbocycles. The van der Waals surface area contributed by atoms with Crippen LogP contribution in [0.1, 0.15) is 25.5 Å². The monoisotopic (exact) mass is 365 g/mol. The number of hydrogen-bond acceptors (Lipinski definition) is 5. The van der Waals surface area contributed by atoms with Crippen LogP contribution >= 0.6 is 0 Å². The van der Waals surface area contributed by atoms with Gasteiger partial charge in [-0.3, -0.25) is 4.79 Å². The second-order valence-electron chi connectivity index (χ2n) is 6.57. The Labute approximate surface area is 158 Å². The van der Waals surface area contributed by atoms with E-state index in [1.165, 1.54) is 4.80 Å². The van der Waals surface area contributed by atoms with Crippen molar-refractivity contribution in [3.8, 4) is 17.1 Å². The van der Waals surface area contributed by atoms with Gasteiger partial charge >= 0.3 is 0 Å². The summed E-state index contributed by atoms with van der Waals surface area (Å²) in [6, 6.07) is 17.1. The number of ether oxygens (including phenoxy) is 1. The summed E-state index contributed by atoms with van der Waals surface area (Å²) >= 11 is 0. The number of carbonyl (C=O) groups excluding carboxylic acids is 1. The maximum Gasteiger partial charge on any atom is 0.244 e. The predicted octanol–water partition coefficient (Wildman–Crippen LogP) is 2.86. The third-order valence-electron chi connectivity index (χ3n) is 4.23. The van der Waals surface area contributed by atoms with Crippen LogP contribution in [0.2, 0.25) is 0 Å². The van der Waals surface area contributed by atoms with Gasteiger partial charge in [0.05, 0.1) is 13.2 Å². The van der Waals surface area contributed by atoms with E-state index < -0.39 is 0 Å². The van der Waals surface area contributed by atoms with E-state index >= 15 is 0 Å². The van der Waals surface area contributed by atoms with Crippen LogP contribution < -0.4 is 10.1 Å². The molecule has 1 unspecified atom stereocenters. The molecule has 0 fully saturated rings. The molecular weight excluding hydrogens is 342 g/mol. The van der Waals surface area contributed by atoms with Crippen LogP contribution in [0.25, 0.3) is 11.4 Å². The molecule has 1 atom stereocenters. The minimum Gasteiger partial charge on any atom is -0.497 e. The van der Waals surface area contributed by atoms with E-state index in [2.05, 4.69) is 34.6 Å². The fourth-order valence-electron chi connectivity index (χ4n) is 2.81. The summed E-state index contributed by atoms with van der Waals surface area (Å²) in [5.41, 5.74) is 1.89. The molecule has 0 aliphatic rings. The van der Waals surface area contributed by atoms with Gasteiger partial charge in [0.2, 0.25) is 11.7 Å². The topological polar surface area (TPSA) is 81.9 Å². The molecule has 27 heavy (non-hydrogen) atoms. The van der Waals surface area contributed by atoms with Crippen molar-refractivity contribution < 1.29 is 9.53 Å². The SMILES string of the molecule is COc1ccc(C(NC(=O)Cn2nnc(-c3ccccc3)n2)C(C)C)cc1. The van der Waals surface area contributed by atoms with Crippen LogP contribution in [0.15, 0.2) is 54.6 Å². The lowest BCUT2D eigenvalue weighted by molar-refractivity contribution is -0.123. The Morgan fingerprint density at radius 3 is 2.44 bits per heavy atom. The lowest BCUT2D eigenvalue weighted by atomic mass is 9.96.